The molecule has 2 heterocycles. The van der Waals surface area contributed by atoms with E-state index in [4.69, 9.17) is 4.74 Å². The Hall–Kier alpha value is -1.14. The molecular weight excluding hydrogens is 282 g/mol. The van der Waals surface area contributed by atoms with Crippen LogP contribution in [0.1, 0.15) is 26.2 Å². The molecule has 2 fully saturated rings. The molecule has 126 valence electrons. The summed E-state index contributed by atoms with van der Waals surface area (Å²) in [6.45, 7) is 5.38. The van der Waals surface area contributed by atoms with Gasteiger partial charge < -0.3 is 14.5 Å². The molecular formula is C16H29N3O3. The summed E-state index contributed by atoms with van der Waals surface area (Å²) in [4.78, 5) is 29.4. The molecule has 0 aromatic rings. The van der Waals surface area contributed by atoms with Crippen molar-refractivity contribution in [1.82, 2.24) is 14.7 Å². The van der Waals surface area contributed by atoms with Gasteiger partial charge in [-0.1, -0.05) is 0 Å². The zero-order valence-corrected chi connectivity index (χ0v) is 14.3. The number of hydrogen-bond donors (Lipinski definition) is 0. The minimum atomic E-state index is 0.138. The maximum absolute atomic E-state index is 12.1. The molecule has 22 heavy (non-hydrogen) atoms. The molecule has 0 saturated carbocycles. The molecule has 0 aromatic heterocycles. The predicted molar refractivity (Wildman–Crippen MR) is 84.5 cm³/mol. The molecule has 1 unspecified atom stereocenters. The lowest BCUT2D eigenvalue weighted by molar-refractivity contribution is -0.131. The van der Waals surface area contributed by atoms with Crippen LogP contribution in [0.5, 0.6) is 0 Å². The second-order valence-corrected chi connectivity index (χ2v) is 7.01. The van der Waals surface area contributed by atoms with Gasteiger partial charge >= 0.3 is 0 Å². The lowest BCUT2D eigenvalue weighted by Gasteiger charge is -2.39. The minimum absolute atomic E-state index is 0.138. The van der Waals surface area contributed by atoms with E-state index in [2.05, 4.69) is 4.90 Å². The SMILES string of the molecule is COCC1CC2(CCN(C(C)=O)CC2)CN1CC(=O)N(C)C. The third-order valence-corrected chi connectivity index (χ3v) is 5.19. The summed E-state index contributed by atoms with van der Waals surface area (Å²) in [5.41, 5.74) is 0.238. The van der Waals surface area contributed by atoms with Crippen LogP contribution in [-0.2, 0) is 14.3 Å². The summed E-state index contributed by atoms with van der Waals surface area (Å²) in [5.74, 6) is 0.306. The van der Waals surface area contributed by atoms with Crippen molar-refractivity contribution in [1.29, 1.82) is 0 Å². The Kier molecular flexibility index (Phi) is 5.45. The lowest BCUT2D eigenvalue weighted by Crippen LogP contribution is -2.44. The number of likely N-dealkylation sites (tertiary alicyclic amines) is 2. The van der Waals surface area contributed by atoms with Gasteiger partial charge in [-0.05, 0) is 24.7 Å². The van der Waals surface area contributed by atoms with Gasteiger partial charge in [0, 0.05) is 53.8 Å². The Morgan fingerprint density at radius 1 is 1.27 bits per heavy atom. The number of amides is 2. The molecule has 6 heteroatoms. The molecule has 0 aromatic carbocycles. The average Bonchev–Trinajstić information content (AvgIpc) is 2.77. The van der Waals surface area contributed by atoms with Gasteiger partial charge in [0.2, 0.25) is 11.8 Å². The van der Waals surface area contributed by atoms with Gasteiger partial charge in [0.15, 0.2) is 0 Å². The molecule has 2 aliphatic heterocycles. The number of rotatable bonds is 4. The second kappa shape index (κ2) is 6.96. The third kappa shape index (κ3) is 3.79. The van der Waals surface area contributed by atoms with Crippen molar-refractivity contribution in [2.45, 2.75) is 32.2 Å². The first-order valence-corrected chi connectivity index (χ1v) is 8.05. The van der Waals surface area contributed by atoms with Gasteiger partial charge in [0.25, 0.3) is 0 Å². The van der Waals surface area contributed by atoms with E-state index in [0.717, 1.165) is 38.9 Å². The Balaban J connectivity index is 2.01. The number of carbonyl (C=O) groups excluding carboxylic acids is 2. The van der Waals surface area contributed by atoms with E-state index < -0.39 is 0 Å². The van der Waals surface area contributed by atoms with Crippen LogP contribution in [0.2, 0.25) is 0 Å². The highest BCUT2D eigenvalue weighted by atomic mass is 16.5. The quantitative estimate of drug-likeness (QED) is 0.755. The maximum Gasteiger partial charge on any atom is 0.236 e. The summed E-state index contributed by atoms with van der Waals surface area (Å²) in [6, 6.07) is 0.303. The van der Waals surface area contributed by atoms with E-state index in [1.165, 1.54) is 0 Å². The molecule has 1 spiro atoms. The molecule has 0 bridgehead atoms. The first kappa shape index (κ1) is 17.2. The predicted octanol–water partition coefficient (Wildman–Crippen LogP) is 0.424. The second-order valence-electron chi connectivity index (χ2n) is 7.01. The van der Waals surface area contributed by atoms with Crippen LogP contribution in [0.25, 0.3) is 0 Å². The Morgan fingerprint density at radius 2 is 1.91 bits per heavy atom. The van der Waals surface area contributed by atoms with Gasteiger partial charge in [-0.25, -0.2) is 0 Å². The van der Waals surface area contributed by atoms with Crippen molar-refractivity contribution < 1.29 is 14.3 Å². The molecule has 0 N–H and O–H groups in total. The van der Waals surface area contributed by atoms with Crippen LogP contribution >= 0.6 is 0 Å². The molecule has 2 amide bonds. The Bertz CT molecular complexity index is 417. The molecule has 6 nitrogen and oxygen atoms in total. The van der Waals surface area contributed by atoms with E-state index in [0.29, 0.717) is 19.2 Å². The number of ether oxygens (including phenoxy) is 1. The number of carbonyl (C=O) groups is 2. The fourth-order valence-corrected chi connectivity index (χ4v) is 3.77. The van der Waals surface area contributed by atoms with Gasteiger partial charge in [-0.3, -0.25) is 14.5 Å². The van der Waals surface area contributed by atoms with Crippen LogP contribution in [0.15, 0.2) is 0 Å². The molecule has 0 radical (unpaired) electrons. The van der Waals surface area contributed by atoms with Gasteiger partial charge in [0.05, 0.1) is 13.2 Å². The van der Waals surface area contributed by atoms with Gasteiger partial charge in [0.1, 0.15) is 0 Å². The van der Waals surface area contributed by atoms with Crippen molar-refractivity contribution in [3.63, 3.8) is 0 Å². The number of methoxy groups -OCH3 is 1. The van der Waals surface area contributed by atoms with Crippen molar-refractivity contribution in [3.05, 3.63) is 0 Å². The summed E-state index contributed by atoms with van der Waals surface area (Å²) in [6.07, 6.45) is 3.12. The van der Waals surface area contributed by atoms with Crippen LogP contribution in [0.3, 0.4) is 0 Å². The Morgan fingerprint density at radius 3 is 2.41 bits per heavy atom. The summed E-state index contributed by atoms with van der Waals surface area (Å²) >= 11 is 0. The van der Waals surface area contributed by atoms with E-state index in [-0.39, 0.29) is 17.2 Å². The summed E-state index contributed by atoms with van der Waals surface area (Å²) in [7, 11) is 5.31. The van der Waals surface area contributed by atoms with Crippen molar-refractivity contribution in [2.75, 3.05) is 54.0 Å². The van der Waals surface area contributed by atoms with Crippen LogP contribution in [-0.4, -0.2) is 86.5 Å². The fourth-order valence-electron chi connectivity index (χ4n) is 3.77. The van der Waals surface area contributed by atoms with Gasteiger partial charge in [-0.2, -0.15) is 0 Å². The van der Waals surface area contributed by atoms with Crippen LogP contribution in [0, 0.1) is 5.41 Å². The average molecular weight is 311 g/mol. The highest BCUT2D eigenvalue weighted by Crippen LogP contribution is 2.43. The smallest absolute Gasteiger partial charge is 0.236 e. The Labute approximate surface area is 133 Å². The zero-order valence-electron chi connectivity index (χ0n) is 14.3. The van der Waals surface area contributed by atoms with E-state index in [9.17, 15) is 9.59 Å². The van der Waals surface area contributed by atoms with E-state index in [1.807, 2.05) is 4.90 Å². The van der Waals surface area contributed by atoms with Crippen molar-refractivity contribution in [2.24, 2.45) is 5.41 Å². The fraction of sp³-hybridized carbons (Fsp3) is 0.875. The maximum atomic E-state index is 12.1. The summed E-state index contributed by atoms with van der Waals surface area (Å²) < 4.78 is 5.36. The van der Waals surface area contributed by atoms with Crippen LogP contribution < -0.4 is 0 Å². The lowest BCUT2D eigenvalue weighted by atomic mass is 9.76. The number of hydrogen-bond acceptors (Lipinski definition) is 4. The van der Waals surface area contributed by atoms with Crippen molar-refractivity contribution in [3.8, 4) is 0 Å². The molecule has 2 saturated heterocycles. The largest absolute Gasteiger partial charge is 0.383 e. The molecule has 1 atom stereocenters. The summed E-state index contributed by atoms with van der Waals surface area (Å²) in [5, 5.41) is 0. The minimum Gasteiger partial charge on any atom is -0.383 e. The van der Waals surface area contributed by atoms with E-state index in [1.54, 1.807) is 33.0 Å². The standard InChI is InChI=1S/C16H29N3O3/c1-13(20)18-7-5-16(6-8-18)9-14(11-22-4)19(12-16)10-15(21)17(2)3/h14H,5-12H2,1-4H3. The highest BCUT2D eigenvalue weighted by molar-refractivity contribution is 5.77. The number of nitrogens with zero attached hydrogens (tertiary/aromatic N) is 3. The zero-order chi connectivity index (χ0) is 16.3. The highest BCUT2D eigenvalue weighted by Gasteiger charge is 2.46. The van der Waals surface area contributed by atoms with Crippen LogP contribution in [0.4, 0.5) is 0 Å². The normalized spacial score (nSPS) is 24.7. The third-order valence-electron chi connectivity index (χ3n) is 5.19. The number of piperidine rings is 1. The van der Waals surface area contributed by atoms with E-state index >= 15 is 0 Å². The topological polar surface area (TPSA) is 53.1 Å². The molecule has 2 aliphatic rings. The first-order valence-electron chi connectivity index (χ1n) is 8.05. The van der Waals surface area contributed by atoms with Crippen molar-refractivity contribution >= 4 is 11.8 Å². The molecule has 2 rings (SSSR count). The van der Waals surface area contributed by atoms with Gasteiger partial charge in [-0.15, -0.1) is 0 Å². The molecule has 0 aliphatic carbocycles. The number of likely N-dealkylation sites (N-methyl/N-ethyl adjacent to an activating group) is 1. The monoisotopic (exact) mass is 311 g/mol. The first-order chi connectivity index (χ1) is 10.4.